The second-order valence-electron chi connectivity index (χ2n) is 7.55. The zero-order valence-corrected chi connectivity index (χ0v) is 19.3. The van der Waals surface area contributed by atoms with Gasteiger partial charge < -0.3 is 14.4 Å². The first-order chi connectivity index (χ1) is 16.2. The van der Waals surface area contributed by atoms with E-state index >= 15 is 0 Å². The highest BCUT2D eigenvalue weighted by atomic mass is 35.5. The molecule has 3 aromatic carbocycles. The van der Waals surface area contributed by atoms with Gasteiger partial charge in [-0.05, 0) is 42.8 Å². The van der Waals surface area contributed by atoms with E-state index in [-0.39, 0.29) is 12.5 Å². The number of benzene rings is 3. The average molecular weight is 477 g/mol. The maximum Gasteiger partial charge on any atom is 0.265 e. The van der Waals surface area contributed by atoms with E-state index in [1.807, 2.05) is 78.2 Å². The number of ether oxygens (including phenoxy) is 2. The number of para-hydroxylation sites is 1. The summed E-state index contributed by atoms with van der Waals surface area (Å²) >= 11 is 7.88. The highest BCUT2D eigenvalue weighted by Crippen LogP contribution is 2.38. The molecule has 0 unspecified atom stereocenters. The Morgan fingerprint density at radius 1 is 1.06 bits per heavy atom. The molecule has 0 saturated heterocycles. The maximum absolute atomic E-state index is 12.6. The van der Waals surface area contributed by atoms with Gasteiger partial charge >= 0.3 is 0 Å². The van der Waals surface area contributed by atoms with Crippen LogP contribution in [0.25, 0.3) is 21.8 Å². The second-order valence-corrected chi connectivity index (χ2v) is 8.81. The molecule has 33 heavy (non-hydrogen) atoms. The minimum absolute atomic E-state index is 0.0409. The molecule has 166 valence electrons. The average Bonchev–Trinajstić information content (AvgIpc) is 3.33. The molecular formula is C26H21ClN2O3S. The molecule has 0 fully saturated rings. The van der Waals surface area contributed by atoms with Gasteiger partial charge in [-0.15, -0.1) is 11.3 Å². The maximum atomic E-state index is 12.6. The number of hydrogen-bond acceptors (Lipinski definition) is 5. The largest absolute Gasteiger partial charge is 0.494 e. The molecule has 7 heteroatoms. The standard InChI is InChI=1S/C26H21ClN2O3S/c27-21-10-5-4-9-20(21)26-28-22(17-33-26)18-11-12-24-23(15-18)29(25(30)16-32-24)13-6-14-31-19-7-2-1-3-8-19/h1-5,7-12,15,17H,6,13-14,16H2. The first-order valence-electron chi connectivity index (χ1n) is 10.6. The minimum Gasteiger partial charge on any atom is -0.494 e. The van der Waals surface area contributed by atoms with Crippen LogP contribution in [0.4, 0.5) is 5.69 Å². The van der Waals surface area contributed by atoms with Crippen molar-refractivity contribution < 1.29 is 14.3 Å². The van der Waals surface area contributed by atoms with Gasteiger partial charge in [0.2, 0.25) is 0 Å². The molecule has 0 aliphatic carbocycles. The van der Waals surface area contributed by atoms with Crippen molar-refractivity contribution in [3.63, 3.8) is 0 Å². The molecule has 1 aliphatic rings. The molecule has 4 aromatic rings. The summed E-state index contributed by atoms with van der Waals surface area (Å²) in [6.45, 7) is 1.11. The molecule has 5 nitrogen and oxygen atoms in total. The molecule has 2 heterocycles. The van der Waals surface area contributed by atoms with Crippen molar-refractivity contribution in [1.82, 2.24) is 4.98 Å². The summed E-state index contributed by atoms with van der Waals surface area (Å²) in [5.74, 6) is 1.46. The van der Waals surface area contributed by atoms with Crippen LogP contribution in [-0.4, -0.2) is 30.6 Å². The van der Waals surface area contributed by atoms with Crippen molar-refractivity contribution in [2.45, 2.75) is 6.42 Å². The second kappa shape index (κ2) is 9.65. The summed E-state index contributed by atoms with van der Waals surface area (Å²) in [5, 5.41) is 3.53. The van der Waals surface area contributed by atoms with Gasteiger partial charge in [0.1, 0.15) is 16.5 Å². The molecule has 0 atom stereocenters. The number of hydrogen-bond donors (Lipinski definition) is 0. The highest BCUT2D eigenvalue weighted by molar-refractivity contribution is 7.13. The van der Waals surface area contributed by atoms with E-state index in [0.29, 0.717) is 30.3 Å². The normalized spacial score (nSPS) is 12.9. The third-order valence-corrected chi connectivity index (χ3v) is 6.55. The first-order valence-corrected chi connectivity index (χ1v) is 11.9. The topological polar surface area (TPSA) is 51.7 Å². The molecule has 1 amide bonds. The van der Waals surface area contributed by atoms with Crippen LogP contribution in [0.5, 0.6) is 11.5 Å². The predicted molar refractivity (Wildman–Crippen MR) is 132 cm³/mol. The number of fused-ring (bicyclic) bond motifs is 1. The quantitative estimate of drug-likeness (QED) is 0.293. The summed E-state index contributed by atoms with van der Waals surface area (Å²) < 4.78 is 11.4. The fraction of sp³-hybridized carbons (Fsp3) is 0.154. The van der Waals surface area contributed by atoms with Gasteiger partial charge in [-0.1, -0.05) is 48.0 Å². The Labute approximate surface area is 201 Å². The molecule has 0 N–H and O–H groups in total. The fourth-order valence-electron chi connectivity index (χ4n) is 3.70. The van der Waals surface area contributed by atoms with Gasteiger partial charge in [-0.25, -0.2) is 4.98 Å². The zero-order chi connectivity index (χ0) is 22.6. The Morgan fingerprint density at radius 2 is 1.88 bits per heavy atom. The van der Waals surface area contributed by atoms with Crippen molar-refractivity contribution in [3.05, 3.63) is 83.2 Å². The number of amides is 1. The molecule has 5 rings (SSSR count). The van der Waals surface area contributed by atoms with Gasteiger partial charge in [-0.3, -0.25) is 4.79 Å². The molecule has 0 radical (unpaired) electrons. The molecule has 0 bridgehead atoms. The number of aromatic nitrogens is 1. The van der Waals surface area contributed by atoms with Crippen LogP contribution < -0.4 is 14.4 Å². The molecule has 1 aliphatic heterocycles. The third kappa shape index (κ3) is 4.72. The number of anilines is 1. The van der Waals surface area contributed by atoms with E-state index in [0.717, 1.165) is 33.3 Å². The number of carbonyl (C=O) groups excluding carboxylic acids is 1. The van der Waals surface area contributed by atoms with Crippen LogP contribution in [0.1, 0.15) is 6.42 Å². The highest BCUT2D eigenvalue weighted by Gasteiger charge is 2.26. The van der Waals surface area contributed by atoms with E-state index in [1.54, 1.807) is 16.2 Å². The van der Waals surface area contributed by atoms with Gasteiger partial charge in [0, 0.05) is 23.1 Å². The lowest BCUT2D eigenvalue weighted by molar-refractivity contribution is -0.121. The van der Waals surface area contributed by atoms with Crippen molar-refractivity contribution in [3.8, 4) is 33.3 Å². The predicted octanol–water partition coefficient (Wildman–Crippen LogP) is 6.33. The van der Waals surface area contributed by atoms with Crippen molar-refractivity contribution in [2.24, 2.45) is 0 Å². The van der Waals surface area contributed by atoms with Crippen LogP contribution in [0, 0.1) is 0 Å². The van der Waals surface area contributed by atoms with Crippen molar-refractivity contribution >= 4 is 34.5 Å². The van der Waals surface area contributed by atoms with Crippen LogP contribution in [0.3, 0.4) is 0 Å². The monoisotopic (exact) mass is 476 g/mol. The van der Waals surface area contributed by atoms with Gasteiger partial charge in [0.05, 0.1) is 23.0 Å². The van der Waals surface area contributed by atoms with E-state index < -0.39 is 0 Å². The summed E-state index contributed by atoms with van der Waals surface area (Å²) in [4.78, 5) is 19.2. The van der Waals surface area contributed by atoms with Crippen LogP contribution >= 0.6 is 22.9 Å². The van der Waals surface area contributed by atoms with Crippen LogP contribution in [-0.2, 0) is 4.79 Å². The van der Waals surface area contributed by atoms with Gasteiger partial charge in [0.25, 0.3) is 5.91 Å². The smallest absolute Gasteiger partial charge is 0.265 e. The Morgan fingerprint density at radius 3 is 2.73 bits per heavy atom. The number of rotatable bonds is 7. The minimum atomic E-state index is -0.0607. The van der Waals surface area contributed by atoms with Crippen molar-refractivity contribution in [1.29, 1.82) is 0 Å². The molecule has 1 aromatic heterocycles. The lowest BCUT2D eigenvalue weighted by Crippen LogP contribution is -2.39. The Balaban J connectivity index is 1.34. The Hall–Kier alpha value is -3.35. The summed E-state index contributed by atoms with van der Waals surface area (Å²) in [6, 6.07) is 23.2. The summed E-state index contributed by atoms with van der Waals surface area (Å²) in [6.07, 6.45) is 0.706. The number of thiazole rings is 1. The lowest BCUT2D eigenvalue weighted by atomic mass is 10.1. The number of halogens is 1. The lowest BCUT2D eigenvalue weighted by Gasteiger charge is -2.29. The van der Waals surface area contributed by atoms with Crippen molar-refractivity contribution in [2.75, 3.05) is 24.7 Å². The molecular weight excluding hydrogens is 456 g/mol. The fourth-order valence-corrected chi connectivity index (χ4v) is 4.85. The third-order valence-electron chi connectivity index (χ3n) is 5.34. The Kier molecular flexibility index (Phi) is 6.28. The van der Waals surface area contributed by atoms with E-state index in [1.165, 1.54) is 0 Å². The summed E-state index contributed by atoms with van der Waals surface area (Å²) in [7, 11) is 0. The number of carbonyl (C=O) groups is 1. The van der Waals surface area contributed by atoms with Crippen LogP contribution in [0.15, 0.2) is 78.2 Å². The van der Waals surface area contributed by atoms with Gasteiger partial charge in [-0.2, -0.15) is 0 Å². The first kappa shape index (κ1) is 21.5. The Bertz CT molecular complexity index is 1280. The summed E-state index contributed by atoms with van der Waals surface area (Å²) in [5.41, 5.74) is 3.43. The van der Waals surface area contributed by atoms with Crippen LogP contribution in [0.2, 0.25) is 5.02 Å². The van der Waals surface area contributed by atoms with E-state index in [9.17, 15) is 4.79 Å². The van der Waals surface area contributed by atoms with Gasteiger partial charge in [0.15, 0.2) is 6.61 Å². The van der Waals surface area contributed by atoms with E-state index in [4.69, 9.17) is 26.1 Å². The SMILES string of the molecule is O=C1COc2ccc(-c3csc(-c4ccccc4Cl)n3)cc2N1CCCOc1ccccc1. The number of nitrogens with zero attached hydrogens (tertiary/aromatic N) is 2. The van der Waals surface area contributed by atoms with E-state index in [2.05, 4.69) is 0 Å². The molecule has 0 saturated carbocycles. The zero-order valence-electron chi connectivity index (χ0n) is 17.7. The molecule has 0 spiro atoms.